The SMILES string of the molecule is CC(=O)Nc1cccc(N[C@H](C)C(=O)NC23CC4CC(CC(C4)C2)C3)c1. The Morgan fingerprint density at radius 2 is 1.62 bits per heavy atom. The van der Waals surface area contributed by atoms with Gasteiger partial charge in [-0.2, -0.15) is 0 Å². The monoisotopic (exact) mass is 355 g/mol. The Labute approximate surface area is 155 Å². The van der Waals surface area contributed by atoms with Gasteiger partial charge < -0.3 is 16.0 Å². The third-order valence-corrected chi connectivity index (χ3v) is 6.39. The minimum atomic E-state index is -0.310. The number of nitrogens with one attached hydrogen (secondary N) is 3. The topological polar surface area (TPSA) is 70.2 Å². The first-order valence-electron chi connectivity index (χ1n) is 9.87. The van der Waals surface area contributed by atoms with E-state index in [2.05, 4.69) is 16.0 Å². The highest BCUT2D eigenvalue weighted by Gasteiger charge is 2.51. The molecule has 5 nitrogen and oxygen atoms in total. The molecule has 4 fully saturated rings. The van der Waals surface area contributed by atoms with Crippen molar-refractivity contribution in [2.24, 2.45) is 17.8 Å². The van der Waals surface area contributed by atoms with E-state index in [0.717, 1.165) is 48.4 Å². The maximum Gasteiger partial charge on any atom is 0.242 e. The molecule has 0 saturated heterocycles. The Kier molecular flexibility index (Phi) is 4.41. The van der Waals surface area contributed by atoms with Gasteiger partial charge in [-0.1, -0.05) is 6.07 Å². The van der Waals surface area contributed by atoms with E-state index in [1.54, 1.807) is 0 Å². The van der Waals surface area contributed by atoms with Crippen LogP contribution < -0.4 is 16.0 Å². The van der Waals surface area contributed by atoms with Gasteiger partial charge in [-0.25, -0.2) is 0 Å². The second-order valence-corrected chi connectivity index (χ2v) is 8.82. The molecule has 5 heteroatoms. The molecule has 4 aliphatic carbocycles. The normalized spacial score (nSPS) is 32.8. The van der Waals surface area contributed by atoms with Gasteiger partial charge in [0.15, 0.2) is 0 Å². The Bertz CT molecular complexity index is 680. The third-order valence-electron chi connectivity index (χ3n) is 6.39. The molecule has 4 aliphatic rings. The molecule has 5 rings (SSSR count). The predicted octanol–water partition coefficient (Wildman–Crippen LogP) is 3.53. The molecule has 26 heavy (non-hydrogen) atoms. The van der Waals surface area contributed by atoms with Crippen LogP contribution in [0, 0.1) is 17.8 Å². The van der Waals surface area contributed by atoms with Crippen molar-refractivity contribution in [3.63, 3.8) is 0 Å². The Morgan fingerprint density at radius 3 is 2.19 bits per heavy atom. The van der Waals surface area contributed by atoms with Gasteiger partial charge in [0.05, 0.1) is 0 Å². The van der Waals surface area contributed by atoms with Crippen molar-refractivity contribution in [2.75, 3.05) is 10.6 Å². The summed E-state index contributed by atoms with van der Waals surface area (Å²) in [7, 11) is 0. The van der Waals surface area contributed by atoms with Gasteiger partial charge in [-0.15, -0.1) is 0 Å². The lowest BCUT2D eigenvalue weighted by atomic mass is 9.53. The molecule has 2 amide bonds. The summed E-state index contributed by atoms with van der Waals surface area (Å²) in [5, 5.41) is 9.47. The first-order valence-corrected chi connectivity index (χ1v) is 9.87. The fraction of sp³-hybridized carbons (Fsp3) is 0.619. The van der Waals surface area contributed by atoms with Gasteiger partial charge >= 0.3 is 0 Å². The number of amides is 2. The third kappa shape index (κ3) is 3.57. The van der Waals surface area contributed by atoms with E-state index < -0.39 is 0 Å². The van der Waals surface area contributed by atoms with Crippen molar-refractivity contribution in [3.8, 4) is 0 Å². The van der Waals surface area contributed by atoms with E-state index in [4.69, 9.17) is 0 Å². The molecule has 0 aromatic heterocycles. The molecule has 1 atom stereocenters. The van der Waals surface area contributed by atoms with E-state index in [1.807, 2.05) is 31.2 Å². The summed E-state index contributed by atoms with van der Waals surface area (Å²) in [6.45, 7) is 3.39. The molecule has 1 aromatic carbocycles. The zero-order chi connectivity index (χ0) is 18.3. The lowest BCUT2D eigenvalue weighted by Crippen LogP contribution is -2.61. The van der Waals surface area contributed by atoms with Crippen molar-refractivity contribution in [1.82, 2.24) is 5.32 Å². The molecule has 0 unspecified atom stereocenters. The first-order chi connectivity index (χ1) is 12.4. The molecular formula is C21H29N3O2. The molecule has 140 valence electrons. The summed E-state index contributed by atoms with van der Waals surface area (Å²) in [4.78, 5) is 24.1. The predicted molar refractivity (Wildman–Crippen MR) is 103 cm³/mol. The van der Waals surface area contributed by atoms with Gasteiger partial charge in [-0.3, -0.25) is 9.59 Å². The van der Waals surface area contributed by atoms with Crippen molar-refractivity contribution in [3.05, 3.63) is 24.3 Å². The Hall–Kier alpha value is -2.04. The van der Waals surface area contributed by atoms with Crippen LogP contribution in [0.25, 0.3) is 0 Å². The van der Waals surface area contributed by atoms with Crippen LogP contribution in [0.2, 0.25) is 0 Å². The number of rotatable bonds is 5. The maximum absolute atomic E-state index is 12.9. The second kappa shape index (κ2) is 6.60. The highest BCUT2D eigenvalue weighted by molar-refractivity contribution is 5.89. The second-order valence-electron chi connectivity index (χ2n) is 8.82. The van der Waals surface area contributed by atoms with Crippen LogP contribution in [0.1, 0.15) is 52.4 Å². The van der Waals surface area contributed by atoms with E-state index in [-0.39, 0.29) is 23.4 Å². The van der Waals surface area contributed by atoms with E-state index in [9.17, 15) is 9.59 Å². The number of anilines is 2. The van der Waals surface area contributed by atoms with Crippen LogP contribution >= 0.6 is 0 Å². The molecule has 3 N–H and O–H groups in total. The lowest BCUT2D eigenvalue weighted by molar-refractivity contribution is -0.127. The van der Waals surface area contributed by atoms with E-state index in [1.165, 1.54) is 26.2 Å². The molecule has 0 radical (unpaired) electrons. The average molecular weight is 355 g/mol. The van der Waals surface area contributed by atoms with Gasteiger partial charge in [0.2, 0.25) is 11.8 Å². The largest absolute Gasteiger partial charge is 0.374 e. The van der Waals surface area contributed by atoms with Crippen molar-refractivity contribution in [2.45, 2.75) is 64.0 Å². The Balaban J connectivity index is 1.39. The number of hydrogen-bond donors (Lipinski definition) is 3. The molecule has 0 spiro atoms. The number of hydrogen-bond acceptors (Lipinski definition) is 3. The van der Waals surface area contributed by atoms with Crippen LogP contribution in [0.5, 0.6) is 0 Å². The fourth-order valence-electron chi connectivity index (χ4n) is 5.84. The van der Waals surface area contributed by atoms with Crippen molar-refractivity contribution < 1.29 is 9.59 Å². The highest BCUT2D eigenvalue weighted by Crippen LogP contribution is 2.55. The zero-order valence-corrected chi connectivity index (χ0v) is 15.7. The van der Waals surface area contributed by atoms with Crippen molar-refractivity contribution >= 4 is 23.2 Å². The summed E-state index contributed by atoms with van der Waals surface area (Å²) in [5.41, 5.74) is 1.61. The minimum Gasteiger partial charge on any atom is -0.374 e. The summed E-state index contributed by atoms with van der Waals surface area (Å²) >= 11 is 0. The van der Waals surface area contributed by atoms with Gasteiger partial charge in [0.25, 0.3) is 0 Å². The Morgan fingerprint density at radius 1 is 1.04 bits per heavy atom. The molecule has 1 aromatic rings. The highest BCUT2D eigenvalue weighted by atomic mass is 16.2. The van der Waals surface area contributed by atoms with E-state index in [0.29, 0.717) is 0 Å². The van der Waals surface area contributed by atoms with Crippen LogP contribution in [-0.4, -0.2) is 23.4 Å². The molecule has 4 bridgehead atoms. The summed E-state index contributed by atoms with van der Waals surface area (Å²) in [5.74, 6) is 2.43. The smallest absolute Gasteiger partial charge is 0.242 e. The van der Waals surface area contributed by atoms with Crippen LogP contribution in [0.3, 0.4) is 0 Å². The first kappa shape index (κ1) is 17.4. The maximum atomic E-state index is 12.9. The van der Waals surface area contributed by atoms with Crippen LogP contribution in [0.15, 0.2) is 24.3 Å². The molecule has 4 saturated carbocycles. The van der Waals surface area contributed by atoms with Gasteiger partial charge in [0.1, 0.15) is 6.04 Å². The average Bonchev–Trinajstić information content (AvgIpc) is 2.52. The quantitative estimate of drug-likeness (QED) is 0.757. The minimum absolute atomic E-state index is 0.0415. The molecule has 0 heterocycles. The molecular weight excluding hydrogens is 326 g/mol. The van der Waals surface area contributed by atoms with Gasteiger partial charge in [-0.05, 0) is 81.4 Å². The van der Waals surface area contributed by atoms with Gasteiger partial charge in [0, 0.05) is 23.8 Å². The summed E-state index contributed by atoms with van der Waals surface area (Å²) in [6, 6.07) is 7.18. The number of benzene rings is 1. The van der Waals surface area contributed by atoms with Crippen LogP contribution in [0.4, 0.5) is 11.4 Å². The van der Waals surface area contributed by atoms with Crippen LogP contribution in [-0.2, 0) is 9.59 Å². The standard InChI is InChI=1S/C21H29N3O2/c1-13(22-18-4-3-5-19(9-18)23-14(2)25)20(26)24-21-10-15-6-16(11-21)8-17(7-15)12-21/h3-5,9,13,15-17,22H,6-8,10-12H2,1-2H3,(H,23,25)(H,24,26)/t13-,15?,16?,17?,21?/m1/s1. The fourth-order valence-corrected chi connectivity index (χ4v) is 5.84. The van der Waals surface area contributed by atoms with E-state index >= 15 is 0 Å². The lowest BCUT2D eigenvalue weighted by Gasteiger charge is -2.57. The summed E-state index contributed by atoms with van der Waals surface area (Å²) < 4.78 is 0. The van der Waals surface area contributed by atoms with Crippen molar-refractivity contribution in [1.29, 1.82) is 0 Å². The number of carbonyl (C=O) groups excluding carboxylic acids is 2. The zero-order valence-electron chi connectivity index (χ0n) is 15.7. The molecule has 0 aliphatic heterocycles. The number of carbonyl (C=O) groups is 2. The summed E-state index contributed by atoms with van der Waals surface area (Å²) in [6.07, 6.45) is 7.61.